The van der Waals surface area contributed by atoms with Crippen LogP contribution in [-0.2, 0) is 0 Å². The van der Waals surface area contributed by atoms with Crippen molar-refractivity contribution in [2.24, 2.45) is 5.41 Å². The first kappa shape index (κ1) is 15.1. The van der Waals surface area contributed by atoms with Crippen LogP contribution in [0.2, 0.25) is 0 Å². The first-order valence-electron chi connectivity index (χ1n) is 8.19. The molecule has 118 valence electrons. The van der Waals surface area contributed by atoms with Crippen LogP contribution in [-0.4, -0.2) is 29.1 Å². The van der Waals surface area contributed by atoms with Crippen LogP contribution >= 0.6 is 0 Å². The number of H-pyrrole nitrogens is 1. The number of aliphatic hydroxyl groups is 1. The van der Waals surface area contributed by atoms with Gasteiger partial charge >= 0.3 is 0 Å². The molecule has 1 aromatic heterocycles. The number of benzene rings is 1. The molecule has 0 unspecified atom stereocenters. The van der Waals surface area contributed by atoms with Gasteiger partial charge in [-0.1, -0.05) is 25.3 Å². The van der Waals surface area contributed by atoms with E-state index in [0.29, 0.717) is 12.1 Å². The minimum atomic E-state index is -0.0283. The molecule has 1 aromatic carbocycles. The van der Waals surface area contributed by atoms with Crippen LogP contribution in [0.25, 0.3) is 10.9 Å². The minimum absolute atomic E-state index is 0.0283. The summed E-state index contributed by atoms with van der Waals surface area (Å²) in [6.45, 7) is 0.861. The summed E-state index contributed by atoms with van der Waals surface area (Å²) in [5.74, 6) is -0.0283. The summed E-state index contributed by atoms with van der Waals surface area (Å²) in [5, 5.41) is 13.5. The van der Waals surface area contributed by atoms with Gasteiger partial charge in [0.25, 0.3) is 5.91 Å². The topological polar surface area (TPSA) is 65.1 Å². The predicted molar refractivity (Wildman–Crippen MR) is 87.9 cm³/mol. The molecule has 1 fully saturated rings. The zero-order valence-electron chi connectivity index (χ0n) is 12.9. The van der Waals surface area contributed by atoms with E-state index in [1.54, 1.807) is 0 Å². The lowest BCUT2D eigenvalue weighted by atomic mass is 9.72. The average molecular weight is 300 g/mol. The Morgan fingerprint density at radius 1 is 1.23 bits per heavy atom. The Balaban J connectivity index is 1.67. The van der Waals surface area contributed by atoms with Gasteiger partial charge in [0.05, 0.1) is 0 Å². The van der Waals surface area contributed by atoms with Crippen LogP contribution in [0.1, 0.15) is 48.9 Å². The summed E-state index contributed by atoms with van der Waals surface area (Å²) in [6, 6.07) is 7.72. The molecular formula is C18H24N2O2. The van der Waals surface area contributed by atoms with E-state index in [-0.39, 0.29) is 17.9 Å². The SMILES string of the molecule is O=C(NCC1(CCO)CCCCC1)c1ccc2cc[nH]c2c1. The molecular weight excluding hydrogens is 276 g/mol. The second-order valence-corrected chi connectivity index (χ2v) is 6.50. The van der Waals surface area contributed by atoms with E-state index in [1.165, 1.54) is 19.3 Å². The first-order chi connectivity index (χ1) is 10.7. The number of hydrogen-bond acceptors (Lipinski definition) is 2. The van der Waals surface area contributed by atoms with Crippen molar-refractivity contribution in [3.63, 3.8) is 0 Å². The standard InChI is InChI=1S/C18H24N2O2/c21-11-9-18(7-2-1-3-8-18)13-20-17(22)15-5-4-14-6-10-19-16(14)12-15/h4-6,10,12,19,21H,1-3,7-9,11,13H2,(H,20,22). The summed E-state index contributed by atoms with van der Waals surface area (Å²) >= 11 is 0. The molecule has 4 heteroatoms. The van der Waals surface area contributed by atoms with E-state index in [1.807, 2.05) is 30.5 Å². The van der Waals surface area contributed by atoms with Crippen molar-refractivity contribution in [3.8, 4) is 0 Å². The van der Waals surface area contributed by atoms with Gasteiger partial charge in [0, 0.05) is 30.4 Å². The lowest BCUT2D eigenvalue weighted by Crippen LogP contribution is -2.39. The highest BCUT2D eigenvalue weighted by atomic mass is 16.3. The van der Waals surface area contributed by atoms with E-state index < -0.39 is 0 Å². The second-order valence-electron chi connectivity index (χ2n) is 6.50. The molecule has 0 saturated heterocycles. The summed E-state index contributed by atoms with van der Waals surface area (Å²) < 4.78 is 0. The number of aromatic amines is 1. The third-order valence-corrected chi connectivity index (χ3v) is 5.00. The number of aliphatic hydroxyl groups excluding tert-OH is 1. The van der Waals surface area contributed by atoms with Crippen molar-refractivity contribution in [2.75, 3.05) is 13.2 Å². The molecule has 1 saturated carbocycles. The number of aromatic nitrogens is 1. The zero-order chi connectivity index (χ0) is 15.4. The van der Waals surface area contributed by atoms with Gasteiger partial charge in [-0.3, -0.25) is 4.79 Å². The van der Waals surface area contributed by atoms with Crippen molar-refractivity contribution in [1.82, 2.24) is 10.3 Å². The molecule has 1 aliphatic carbocycles. The molecule has 4 nitrogen and oxygen atoms in total. The lowest BCUT2D eigenvalue weighted by Gasteiger charge is -2.37. The number of carbonyl (C=O) groups is 1. The second kappa shape index (κ2) is 6.53. The summed E-state index contributed by atoms with van der Waals surface area (Å²) in [4.78, 5) is 15.5. The Hall–Kier alpha value is -1.81. The highest BCUT2D eigenvalue weighted by Crippen LogP contribution is 2.38. The quantitative estimate of drug-likeness (QED) is 0.793. The van der Waals surface area contributed by atoms with Gasteiger partial charge in [0.1, 0.15) is 0 Å². The fourth-order valence-electron chi connectivity index (χ4n) is 3.61. The number of carbonyl (C=O) groups excluding carboxylic acids is 1. The van der Waals surface area contributed by atoms with E-state index in [4.69, 9.17) is 0 Å². The molecule has 0 bridgehead atoms. The Labute approximate surface area is 130 Å². The maximum Gasteiger partial charge on any atom is 0.251 e. The van der Waals surface area contributed by atoms with E-state index in [0.717, 1.165) is 30.2 Å². The van der Waals surface area contributed by atoms with Crippen LogP contribution in [0.3, 0.4) is 0 Å². The number of amides is 1. The number of fused-ring (bicyclic) bond motifs is 1. The molecule has 0 spiro atoms. The van der Waals surface area contributed by atoms with Crippen molar-refractivity contribution in [2.45, 2.75) is 38.5 Å². The predicted octanol–water partition coefficient (Wildman–Crippen LogP) is 3.23. The van der Waals surface area contributed by atoms with Gasteiger partial charge in [-0.2, -0.15) is 0 Å². The van der Waals surface area contributed by atoms with E-state index in [2.05, 4.69) is 10.3 Å². The normalized spacial score (nSPS) is 17.5. The van der Waals surface area contributed by atoms with Gasteiger partial charge < -0.3 is 15.4 Å². The maximum absolute atomic E-state index is 12.4. The zero-order valence-corrected chi connectivity index (χ0v) is 12.9. The highest BCUT2D eigenvalue weighted by molar-refractivity contribution is 5.97. The molecule has 0 radical (unpaired) electrons. The molecule has 3 rings (SSSR count). The summed E-state index contributed by atoms with van der Waals surface area (Å²) in [6.07, 6.45) is 8.53. The molecule has 3 N–H and O–H groups in total. The van der Waals surface area contributed by atoms with Crippen LogP contribution in [0.5, 0.6) is 0 Å². The number of hydrogen-bond donors (Lipinski definition) is 3. The maximum atomic E-state index is 12.4. The third-order valence-electron chi connectivity index (χ3n) is 5.00. The molecule has 1 aliphatic rings. The summed E-state index contributed by atoms with van der Waals surface area (Å²) in [7, 11) is 0. The molecule has 2 aromatic rings. The van der Waals surface area contributed by atoms with Crippen LogP contribution in [0, 0.1) is 5.41 Å². The smallest absolute Gasteiger partial charge is 0.251 e. The third kappa shape index (κ3) is 3.17. The first-order valence-corrected chi connectivity index (χ1v) is 8.19. The largest absolute Gasteiger partial charge is 0.396 e. The monoisotopic (exact) mass is 300 g/mol. The molecule has 0 aliphatic heterocycles. The van der Waals surface area contributed by atoms with Crippen LogP contribution < -0.4 is 5.32 Å². The number of rotatable bonds is 5. The highest BCUT2D eigenvalue weighted by Gasteiger charge is 2.31. The Bertz CT molecular complexity index is 636. The minimum Gasteiger partial charge on any atom is -0.396 e. The average Bonchev–Trinajstić information content (AvgIpc) is 3.01. The fraction of sp³-hybridized carbons (Fsp3) is 0.500. The summed E-state index contributed by atoms with van der Waals surface area (Å²) in [5.41, 5.74) is 1.75. The van der Waals surface area contributed by atoms with Gasteiger partial charge in [0.2, 0.25) is 0 Å². The lowest BCUT2D eigenvalue weighted by molar-refractivity contribution is 0.0869. The van der Waals surface area contributed by atoms with E-state index in [9.17, 15) is 9.90 Å². The van der Waals surface area contributed by atoms with Gasteiger partial charge in [-0.25, -0.2) is 0 Å². The van der Waals surface area contributed by atoms with Gasteiger partial charge in [-0.15, -0.1) is 0 Å². The Morgan fingerprint density at radius 3 is 2.82 bits per heavy atom. The molecule has 1 heterocycles. The fourth-order valence-corrected chi connectivity index (χ4v) is 3.61. The Kier molecular flexibility index (Phi) is 4.48. The van der Waals surface area contributed by atoms with Crippen molar-refractivity contribution >= 4 is 16.8 Å². The van der Waals surface area contributed by atoms with Crippen molar-refractivity contribution < 1.29 is 9.90 Å². The molecule has 1 amide bonds. The van der Waals surface area contributed by atoms with Gasteiger partial charge in [-0.05, 0) is 48.3 Å². The Morgan fingerprint density at radius 2 is 2.05 bits per heavy atom. The molecule has 0 atom stereocenters. The van der Waals surface area contributed by atoms with E-state index >= 15 is 0 Å². The van der Waals surface area contributed by atoms with Crippen molar-refractivity contribution in [1.29, 1.82) is 0 Å². The number of nitrogens with one attached hydrogen (secondary N) is 2. The van der Waals surface area contributed by atoms with Crippen molar-refractivity contribution in [3.05, 3.63) is 36.0 Å². The molecule has 22 heavy (non-hydrogen) atoms. The van der Waals surface area contributed by atoms with Gasteiger partial charge in [0.15, 0.2) is 0 Å². The van der Waals surface area contributed by atoms with Crippen LogP contribution in [0.4, 0.5) is 0 Å². The van der Waals surface area contributed by atoms with Crippen LogP contribution in [0.15, 0.2) is 30.5 Å².